The predicted molar refractivity (Wildman–Crippen MR) is 250 cm³/mol. The summed E-state index contributed by atoms with van der Waals surface area (Å²) in [5.41, 5.74) is -0.837. The quantitative estimate of drug-likeness (QED) is 0.1000. The van der Waals surface area contributed by atoms with Gasteiger partial charge in [-0.2, -0.15) is 0 Å². The molecule has 0 bridgehead atoms. The van der Waals surface area contributed by atoms with Gasteiger partial charge in [0.25, 0.3) is 0 Å². The molecule has 4 fully saturated rings. The van der Waals surface area contributed by atoms with Crippen molar-refractivity contribution in [2.75, 3.05) is 51.3 Å². The molecule has 18 heteroatoms. The van der Waals surface area contributed by atoms with Crippen LogP contribution in [0.1, 0.15) is 93.9 Å². The second-order valence-electron chi connectivity index (χ2n) is 19.5. The third-order valence-electron chi connectivity index (χ3n) is 13.5. The Bertz CT molecular complexity index is 2200. The summed E-state index contributed by atoms with van der Waals surface area (Å²) in [7, 11) is 0. The highest BCUT2D eigenvalue weighted by atomic mass is 35.5. The smallest absolute Gasteiger partial charge is 0.408 e. The molecular weight excluding hydrogens is 874 g/mol. The van der Waals surface area contributed by atoms with Gasteiger partial charge >= 0.3 is 12.1 Å². The zero-order chi connectivity index (χ0) is 46.8. The van der Waals surface area contributed by atoms with Gasteiger partial charge in [0.1, 0.15) is 58.7 Å². The van der Waals surface area contributed by atoms with Gasteiger partial charge in [0.2, 0.25) is 11.8 Å². The van der Waals surface area contributed by atoms with Gasteiger partial charge in [0, 0.05) is 48.9 Å². The van der Waals surface area contributed by atoms with Gasteiger partial charge in [-0.15, -0.1) is 11.3 Å². The molecule has 2 aliphatic carbocycles. The van der Waals surface area contributed by atoms with E-state index >= 15 is 0 Å². The number of nitrogens with zero attached hydrogens (tertiary/aromatic N) is 4. The Labute approximate surface area is 390 Å². The van der Waals surface area contributed by atoms with Crippen LogP contribution in [0, 0.1) is 23.2 Å². The first-order valence-corrected chi connectivity index (χ1v) is 24.4. The van der Waals surface area contributed by atoms with Crippen LogP contribution in [0.25, 0.3) is 22.3 Å². The van der Waals surface area contributed by atoms with Gasteiger partial charge in [0.05, 0.1) is 31.0 Å². The third kappa shape index (κ3) is 11.1. The molecule has 2 saturated carbocycles. The van der Waals surface area contributed by atoms with Crippen molar-refractivity contribution in [3.05, 3.63) is 28.6 Å². The summed E-state index contributed by atoms with van der Waals surface area (Å²) in [6, 6.07) is 3.33. The molecule has 1 aromatic carbocycles. The first kappa shape index (κ1) is 48.5. The van der Waals surface area contributed by atoms with Gasteiger partial charge < -0.3 is 44.9 Å². The fourth-order valence-electron chi connectivity index (χ4n) is 9.64. The largest absolute Gasteiger partial charge is 0.491 e. The molecule has 8 atom stereocenters. The van der Waals surface area contributed by atoms with Gasteiger partial charge in [-0.25, -0.2) is 19.6 Å². The molecule has 2 saturated heterocycles. The number of likely N-dealkylation sites (tertiary alicyclic amines) is 1. The predicted octanol–water partition coefficient (Wildman–Crippen LogP) is 7.23. The van der Waals surface area contributed by atoms with Crippen LogP contribution in [-0.2, 0) is 23.9 Å². The summed E-state index contributed by atoms with van der Waals surface area (Å²) in [5, 5.41) is 22.9. The fraction of sp³-hybridized carbons (Fsp3) is 0.660. The number of morpholine rings is 1. The van der Waals surface area contributed by atoms with Crippen LogP contribution >= 0.6 is 22.9 Å². The minimum atomic E-state index is -1.55. The minimum Gasteiger partial charge on any atom is -0.491 e. The molecule has 2 aromatic heterocycles. The average molecular weight is 941 g/mol. The number of carboxylic acids is 1. The van der Waals surface area contributed by atoms with E-state index in [9.17, 15) is 24.3 Å². The van der Waals surface area contributed by atoms with Crippen molar-refractivity contribution in [1.82, 2.24) is 30.4 Å². The number of halogens is 1. The number of fused-ring (bicyclic) bond motifs is 2. The van der Waals surface area contributed by atoms with Crippen LogP contribution in [0.3, 0.4) is 0 Å². The summed E-state index contributed by atoms with van der Waals surface area (Å²) < 4.78 is 24.4. The highest BCUT2D eigenvalue weighted by Crippen LogP contribution is 2.57. The van der Waals surface area contributed by atoms with E-state index in [0.29, 0.717) is 89.4 Å². The molecule has 65 heavy (non-hydrogen) atoms. The normalized spacial score (nSPS) is 24.6. The van der Waals surface area contributed by atoms with Crippen LogP contribution in [0.15, 0.2) is 23.6 Å². The highest BCUT2D eigenvalue weighted by Gasteiger charge is 2.54. The fourth-order valence-corrected chi connectivity index (χ4v) is 10.7. The number of rotatable bonds is 18. The van der Waals surface area contributed by atoms with Crippen LogP contribution in [0.2, 0.25) is 5.02 Å². The zero-order valence-corrected chi connectivity index (χ0v) is 40.5. The molecule has 16 nitrogen and oxygen atoms in total. The minimum absolute atomic E-state index is 0.0300. The Kier molecular flexibility index (Phi) is 15.1. The summed E-state index contributed by atoms with van der Waals surface area (Å²) in [4.78, 5) is 69.1. The number of nitrogens with one attached hydrogen (secondary N) is 3. The molecule has 3 unspecified atom stereocenters. The first-order valence-electron chi connectivity index (χ1n) is 23.2. The second-order valence-corrected chi connectivity index (χ2v) is 20.7. The van der Waals surface area contributed by atoms with Gasteiger partial charge in [-0.1, -0.05) is 59.6 Å². The summed E-state index contributed by atoms with van der Waals surface area (Å²) in [6.45, 7) is 19.4. The number of carbonyl (C=O) groups is 4. The Morgan fingerprint density at radius 3 is 2.38 bits per heavy atom. The molecule has 4 aliphatic rings. The van der Waals surface area contributed by atoms with E-state index in [1.807, 2.05) is 53.0 Å². The first-order chi connectivity index (χ1) is 30.9. The van der Waals surface area contributed by atoms with Crippen molar-refractivity contribution in [2.24, 2.45) is 23.2 Å². The van der Waals surface area contributed by atoms with Crippen molar-refractivity contribution in [1.29, 1.82) is 0 Å². The third-order valence-corrected chi connectivity index (χ3v) is 14.6. The van der Waals surface area contributed by atoms with Crippen LogP contribution < -0.4 is 25.4 Å². The molecule has 7 rings (SSSR count). The van der Waals surface area contributed by atoms with Crippen LogP contribution in [-0.4, -0.2) is 131 Å². The maximum absolute atomic E-state index is 14.9. The number of pyridine rings is 1. The number of ether oxygens (including phenoxy) is 4. The van der Waals surface area contributed by atoms with E-state index in [4.69, 9.17) is 40.5 Å². The molecule has 0 spiro atoms. The Morgan fingerprint density at radius 2 is 1.74 bits per heavy atom. The maximum Gasteiger partial charge on any atom is 0.408 e. The number of amides is 3. The van der Waals surface area contributed by atoms with Gasteiger partial charge in [0.15, 0.2) is 5.13 Å². The van der Waals surface area contributed by atoms with Crippen molar-refractivity contribution < 1.29 is 43.2 Å². The number of aliphatic carboxylic acids is 1. The van der Waals surface area contributed by atoms with E-state index in [2.05, 4.69) is 27.8 Å². The monoisotopic (exact) mass is 939 g/mol. The molecule has 2 aliphatic heterocycles. The Hall–Kier alpha value is -4.45. The summed E-state index contributed by atoms with van der Waals surface area (Å²) >= 11 is 8.57. The molecule has 4 heterocycles. The number of aromatic nitrogens is 2. The molecular formula is C47H66ClN7O9S. The van der Waals surface area contributed by atoms with Gasteiger partial charge in [-0.3, -0.25) is 14.5 Å². The lowest BCUT2D eigenvalue weighted by molar-refractivity contribution is -0.150. The SMILES string of the molecule is CCC[C@@](CC)(NC(=O)[C@@H]1CC(Oc2cc(-c3csc(NC(C)C)n3)nc3c(Cl)c(OCCN4CCOCC4)ccc23)CN1C(=O)[C@@H](NC(=O)OC1C[C@@H]2C(C)[C@@H]2C1)C(C)(C)C)C(=O)O. The molecule has 3 aromatic rings. The number of alkyl carbamates (subject to hydrolysis) is 1. The number of hydrogen-bond donors (Lipinski definition) is 4. The average Bonchev–Trinajstić information content (AvgIpc) is 3.75. The molecule has 4 N–H and O–H groups in total. The number of carbonyl (C=O) groups excluding carboxylic acids is 3. The van der Waals surface area contributed by atoms with Crippen LogP contribution in [0.5, 0.6) is 11.5 Å². The number of hydrogen-bond acceptors (Lipinski definition) is 13. The standard InChI is InChI=1S/C47H66ClN7O9S/c1-9-13-47(10-2,43(58)59)53-41(56)35-22-29(24-55(35)42(57)40(46(6,7)8)52-45(60)64-28-20-31-27(5)32(31)21-28)63-37-23-33(34-25-65-44(51-34)49-26(3)4)50-39-30(37)11-12-36(38(39)48)62-19-16-54-14-17-61-18-15-54/h11-12,23,25-29,31-32,35,40H,9-10,13-22,24H2,1-8H3,(H,49,51)(H,52,60)(H,53,56)(H,58,59)/t27?,28?,29?,31-,32+,35-,40+,47+/m0/s1. The maximum atomic E-state index is 14.9. The lowest BCUT2D eigenvalue weighted by atomic mass is 9.85. The van der Waals surface area contributed by atoms with E-state index in [-0.39, 0.29) is 38.0 Å². The Morgan fingerprint density at radius 1 is 1.02 bits per heavy atom. The molecule has 0 radical (unpaired) electrons. The lowest BCUT2D eigenvalue weighted by Crippen LogP contribution is -2.61. The van der Waals surface area contributed by atoms with E-state index in [1.165, 1.54) is 16.2 Å². The molecule has 356 valence electrons. The van der Waals surface area contributed by atoms with Crippen molar-refractivity contribution in [3.63, 3.8) is 0 Å². The number of carboxylic acid groups (broad SMARTS) is 1. The van der Waals surface area contributed by atoms with Gasteiger partial charge in [-0.05, 0) is 74.8 Å². The van der Waals surface area contributed by atoms with Crippen molar-refractivity contribution in [3.8, 4) is 22.9 Å². The lowest BCUT2D eigenvalue weighted by Gasteiger charge is -2.36. The van der Waals surface area contributed by atoms with Crippen molar-refractivity contribution >= 4 is 62.8 Å². The Balaban J connectivity index is 1.20. The highest BCUT2D eigenvalue weighted by molar-refractivity contribution is 7.14. The van der Waals surface area contributed by atoms with E-state index in [0.717, 1.165) is 31.1 Å². The van der Waals surface area contributed by atoms with E-state index < -0.39 is 53.0 Å². The van der Waals surface area contributed by atoms with Crippen molar-refractivity contribution in [2.45, 2.75) is 130 Å². The topological polar surface area (TPSA) is 194 Å². The summed E-state index contributed by atoms with van der Waals surface area (Å²) in [6.07, 6.45) is 0.826. The number of thiazole rings is 1. The van der Waals surface area contributed by atoms with Crippen LogP contribution in [0.4, 0.5) is 9.93 Å². The zero-order valence-electron chi connectivity index (χ0n) is 38.9. The molecule has 3 amide bonds. The summed E-state index contributed by atoms with van der Waals surface area (Å²) in [5.74, 6) is 0.347. The van der Waals surface area contributed by atoms with E-state index in [1.54, 1.807) is 19.1 Å². The number of anilines is 1. The number of benzene rings is 1. The second kappa shape index (κ2) is 20.2.